The molecule has 1 aromatic heterocycles. The van der Waals surface area contributed by atoms with Crippen LogP contribution in [0.25, 0.3) is 0 Å². The van der Waals surface area contributed by atoms with Gasteiger partial charge in [-0.15, -0.1) is 11.3 Å². The lowest BCUT2D eigenvalue weighted by molar-refractivity contribution is -0.134. The Morgan fingerprint density at radius 2 is 2.10 bits per heavy atom. The second kappa shape index (κ2) is 6.28. The first-order valence-electron chi connectivity index (χ1n) is 6.92. The van der Waals surface area contributed by atoms with Gasteiger partial charge in [-0.25, -0.2) is 0 Å². The molecule has 0 atom stereocenters. The summed E-state index contributed by atoms with van der Waals surface area (Å²) in [6, 6.07) is 9.21. The predicted octanol–water partition coefficient (Wildman–Crippen LogP) is 2.20. The van der Waals surface area contributed by atoms with E-state index in [1.165, 1.54) is 10.4 Å². The minimum absolute atomic E-state index is 0.00988. The number of benzene rings is 1. The van der Waals surface area contributed by atoms with Gasteiger partial charge >= 0.3 is 0 Å². The molecule has 1 amide bonds. The number of amides is 1. The maximum atomic E-state index is 12.2. The smallest absolute Gasteiger partial charge is 0.260 e. The zero-order chi connectivity index (χ0) is 14.7. The maximum Gasteiger partial charge on any atom is 0.260 e. The fraction of sp³-hybridized carbons (Fsp3) is 0.312. The molecule has 0 saturated heterocycles. The molecular weight excluding hydrogens is 286 g/mol. The van der Waals surface area contributed by atoms with Crippen molar-refractivity contribution in [1.29, 1.82) is 0 Å². The van der Waals surface area contributed by atoms with Crippen LogP contribution < -0.4 is 4.74 Å². The molecule has 0 aliphatic carbocycles. The molecule has 0 bridgehead atoms. The number of rotatable bonds is 4. The average Bonchev–Trinajstić information content (AvgIpc) is 3.00. The largest absolute Gasteiger partial charge is 0.484 e. The Morgan fingerprint density at radius 3 is 2.86 bits per heavy atom. The summed E-state index contributed by atoms with van der Waals surface area (Å²) in [5, 5.41) is 11.1. The van der Waals surface area contributed by atoms with Crippen molar-refractivity contribution >= 4 is 17.2 Å². The van der Waals surface area contributed by atoms with Crippen LogP contribution in [0.5, 0.6) is 5.75 Å². The normalized spacial score (nSPS) is 13.9. The minimum Gasteiger partial charge on any atom is -0.484 e. The van der Waals surface area contributed by atoms with E-state index >= 15 is 0 Å². The van der Waals surface area contributed by atoms with Crippen molar-refractivity contribution < 1.29 is 14.6 Å². The number of aliphatic hydroxyl groups excluding tert-OH is 1. The van der Waals surface area contributed by atoms with Gasteiger partial charge in [-0.1, -0.05) is 12.1 Å². The number of hydrogen-bond donors (Lipinski definition) is 1. The Kier molecular flexibility index (Phi) is 4.22. The molecule has 5 heteroatoms. The summed E-state index contributed by atoms with van der Waals surface area (Å²) in [7, 11) is 0. The van der Waals surface area contributed by atoms with Crippen molar-refractivity contribution in [1.82, 2.24) is 4.90 Å². The highest BCUT2D eigenvalue weighted by Crippen LogP contribution is 2.24. The zero-order valence-corrected chi connectivity index (χ0v) is 12.4. The highest BCUT2D eigenvalue weighted by molar-refractivity contribution is 7.10. The lowest BCUT2D eigenvalue weighted by atomic mass is 10.1. The van der Waals surface area contributed by atoms with Gasteiger partial charge in [0.25, 0.3) is 5.91 Å². The molecule has 1 N–H and O–H groups in total. The topological polar surface area (TPSA) is 49.8 Å². The highest BCUT2D eigenvalue weighted by atomic mass is 32.1. The second-order valence-electron chi connectivity index (χ2n) is 5.03. The highest BCUT2D eigenvalue weighted by Gasteiger charge is 2.21. The molecule has 4 nitrogen and oxygen atoms in total. The SMILES string of the molecule is O=C(COc1ccc(CO)cc1)N1CCc2sccc2C1. The molecular formula is C16H17NO3S. The van der Waals surface area contributed by atoms with E-state index in [9.17, 15) is 4.79 Å². The second-order valence-corrected chi connectivity index (χ2v) is 6.03. The van der Waals surface area contributed by atoms with Crippen LogP contribution in [0.15, 0.2) is 35.7 Å². The maximum absolute atomic E-state index is 12.2. The van der Waals surface area contributed by atoms with E-state index in [1.54, 1.807) is 35.6 Å². The van der Waals surface area contributed by atoms with Crippen LogP contribution in [0.3, 0.4) is 0 Å². The average molecular weight is 303 g/mol. The number of ether oxygens (including phenoxy) is 1. The molecule has 0 spiro atoms. The van der Waals surface area contributed by atoms with Gasteiger partial charge < -0.3 is 14.7 Å². The van der Waals surface area contributed by atoms with Crippen LogP contribution in [0.1, 0.15) is 16.0 Å². The van der Waals surface area contributed by atoms with Gasteiger partial charge in [0.2, 0.25) is 0 Å². The first kappa shape index (κ1) is 14.1. The summed E-state index contributed by atoms with van der Waals surface area (Å²) in [6.45, 7) is 1.51. The molecule has 0 radical (unpaired) electrons. The van der Waals surface area contributed by atoms with Crippen LogP contribution >= 0.6 is 11.3 Å². The van der Waals surface area contributed by atoms with Crippen molar-refractivity contribution in [2.75, 3.05) is 13.2 Å². The number of thiophene rings is 1. The minimum atomic E-state index is 0.00988. The van der Waals surface area contributed by atoms with Gasteiger partial charge in [0.15, 0.2) is 6.61 Å². The Balaban J connectivity index is 1.54. The van der Waals surface area contributed by atoms with Crippen LogP contribution in [0, 0.1) is 0 Å². The Morgan fingerprint density at radius 1 is 1.29 bits per heavy atom. The fourth-order valence-corrected chi connectivity index (χ4v) is 3.28. The Hall–Kier alpha value is -1.85. The molecule has 0 saturated carbocycles. The summed E-state index contributed by atoms with van der Waals surface area (Å²) >= 11 is 1.76. The monoisotopic (exact) mass is 303 g/mol. The van der Waals surface area contributed by atoms with E-state index in [-0.39, 0.29) is 19.1 Å². The molecule has 1 aliphatic rings. The molecule has 1 aliphatic heterocycles. The number of fused-ring (bicyclic) bond motifs is 1. The number of aliphatic hydroxyl groups is 1. The molecule has 110 valence electrons. The summed E-state index contributed by atoms with van der Waals surface area (Å²) in [4.78, 5) is 15.4. The van der Waals surface area contributed by atoms with Crippen molar-refractivity contribution in [2.24, 2.45) is 0 Å². The lowest BCUT2D eigenvalue weighted by Gasteiger charge is -2.27. The van der Waals surface area contributed by atoms with E-state index in [0.29, 0.717) is 12.3 Å². The molecule has 3 rings (SSSR count). The third kappa shape index (κ3) is 3.25. The van der Waals surface area contributed by atoms with Crippen molar-refractivity contribution in [3.05, 3.63) is 51.7 Å². The number of hydrogen-bond acceptors (Lipinski definition) is 4. The molecule has 0 fully saturated rings. The standard InChI is InChI=1S/C16H17NO3S/c18-10-12-1-3-14(4-2-12)20-11-16(19)17-7-5-15-13(9-17)6-8-21-15/h1-4,6,8,18H,5,7,9-11H2. The quantitative estimate of drug-likeness (QED) is 0.942. The summed E-state index contributed by atoms with van der Waals surface area (Å²) < 4.78 is 5.52. The van der Waals surface area contributed by atoms with E-state index in [2.05, 4.69) is 11.4 Å². The van der Waals surface area contributed by atoms with Crippen LogP contribution in [-0.4, -0.2) is 29.1 Å². The zero-order valence-electron chi connectivity index (χ0n) is 11.6. The van der Waals surface area contributed by atoms with Gasteiger partial charge in [-0.3, -0.25) is 4.79 Å². The third-order valence-electron chi connectivity index (χ3n) is 3.63. The van der Waals surface area contributed by atoms with E-state index < -0.39 is 0 Å². The Bertz CT molecular complexity index is 621. The van der Waals surface area contributed by atoms with Gasteiger partial charge in [-0.05, 0) is 41.1 Å². The number of nitrogens with zero attached hydrogens (tertiary/aromatic N) is 1. The van der Waals surface area contributed by atoms with Gasteiger partial charge in [0.1, 0.15) is 5.75 Å². The van der Waals surface area contributed by atoms with Gasteiger partial charge in [0, 0.05) is 18.0 Å². The van der Waals surface area contributed by atoms with Crippen LogP contribution in [0.4, 0.5) is 0 Å². The van der Waals surface area contributed by atoms with Crippen LogP contribution in [0.2, 0.25) is 0 Å². The van der Waals surface area contributed by atoms with E-state index in [0.717, 1.165) is 18.5 Å². The van der Waals surface area contributed by atoms with Gasteiger partial charge in [0.05, 0.1) is 6.61 Å². The lowest BCUT2D eigenvalue weighted by Crippen LogP contribution is -2.38. The van der Waals surface area contributed by atoms with Gasteiger partial charge in [-0.2, -0.15) is 0 Å². The summed E-state index contributed by atoms with van der Waals surface area (Å²) in [5.74, 6) is 0.659. The van der Waals surface area contributed by atoms with Crippen molar-refractivity contribution in [2.45, 2.75) is 19.6 Å². The molecule has 21 heavy (non-hydrogen) atoms. The van der Waals surface area contributed by atoms with E-state index in [4.69, 9.17) is 9.84 Å². The van der Waals surface area contributed by atoms with Crippen molar-refractivity contribution in [3.8, 4) is 5.75 Å². The number of carbonyl (C=O) groups excluding carboxylic acids is 1. The molecule has 1 aromatic carbocycles. The van der Waals surface area contributed by atoms with E-state index in [1.807, 2.05) is 4.90 Å². The van der Waals surface area contributed by atoms with Crippen LogP contribution in [-0.2, 0) is 24.4 Å². The van der Waals surface area contributed by atoms with Crippen molar-refractivity contribution in [3.63, 3.8) is 0 Å². The Labute approximate surface area is 127 Å². The predicted molar refractivity (Wildman–Crippen MR) is 81.3 cm³/mol. The molecule has 2 aromatic rings. The summed E-state index contributed by atoms with van der Waals surface area (Å²) in [6.07, 6.45) is 0.934. The molecule has 0 unspecified atom stereocenters. The third-order valence-corrected chi connectivity index (χ3v) is 4.65. The number of carbonyl (C=O) groups is 1. The summed E-state index contributed by atoms with van der Waals surface area (Å²) in [5.41, 5.74) is 2.08. The first-order valence-corrected chi connectivity index (χ1v) is 7.80. The molecule has 2 heterocycles. The first-order chi connectivity index (χ1) is 10.3. The fourth-order valence-electron chi connectivity index (χ4n) is 2.39.